The molecule has 4 heterocycles. The van der Waals surface area contributed by atoms with Crippen LogP contribution in [0.3, 0.4) is 0 Å². The normalized spacial score (nSPS) is 23.7. The van der Waals surface area contributed by atoms with E-state index in [0.29, 0.717) is 29.6 Å². The molecule has 1 aromatic carbocycles. The molecule has 9 heteroatoms. The van der Waals surface area contributed by atoms with Gasteiger partial charge in [-0.15, -0.1) is 0 Å². The molecule has 0 unspecified atom stereocenters. The number of hydrogen-bond donors (Lipinski definition) is 2. The Morgan fingerprint density at radius 3 is 2.66 bits per heavy atom. The third kappa shape index (κ3) is 6.52. The number of thiocarbonyl (C=S) groups is 1. The van der Waals surface area contributed by atoms with E-state index in [0.717, 1.165) is 62.3 Å². The Bertz CT molecular complexity index is 1110. The van der Waals surface area contributed by atoms with Gasteiger partial charge in [-0.1, -0.05) is 30.7 Å². The summed E-state index contributed by atoms with van der Waals surface area (Å²) in [5, 5.41) is 8.12. The van der Waals surface area contributed by atoms with Crippen LogP contribution in [0.4, 0.5) is 17.6 Å². The molecule has 0 spiro atoms. The Labute approximate surface area is 237 Å². The summed E-state index contributed by atoms with van der Waals surface area (Å²) < 4.78 is 5.70. The quantitative estimate of drug-likeness (QED) is 0.434. The third-order valence-corrected chi connectivity index (χ3v) is 8.96. The van der Waals surface area contributed by atoms with E-state index in [1.54, 1.807) is 0 Å². The minimum absolute atomic E-state index is 0.0874. The maximum Gasteiger partial charge on any atom is 0.232 e. The van der Waals surface area contributed by atoms with Crippen molar-refractivity contribution in [1.29, 1.82) is 0 Å². The van der Waals surface area contributed by atoms with E-state index in [1.165, 1.54) is 37.7 Å². The van der Waals surface area contributed by atoms with E-state index >= 15 is 0 Å². The van der Waals surface area contributed by atoms with E-state index in [9.17, 15) is 0 Å². The van der Waals surface area contributed by atoms with Gasteiger partial charge in [0.1, 0.15) is 11.6 Å². The molecular formula is C29H41ClN6OS. The molecule has 1 aromatic heterocycles. The largest absolute Gasteiger partial charge is 0.381 e. The molecule has 3 aliphatic rings. The number of anilines is 3. The van der Waals surface area contributed by atoms with Crippen LogP contribution in [0.2, 0.25) is 5.02 Å². The van der Waals surface area contributed by atoms with Crippen LogP contribution in [0.25, 0.3) is 0 Å². The van der Waals surface area contributed by atoms with E-state index < -0.39 is 0 Å². The first-order valence-electron chi connectivity index (χ1n) is 14.2. The van der Waals surface area contributed by atoms with Crippen molar-refractivity contribution >= 4 is 46.5 Å². The zero-order chi connectivity index (χ0) is 26.5. The van der Waals surface area contributed by atoms with Crippen molar-refractivity contribution < 1.29 is 4.74 Å². The minimum Gasteiger partial charge on any atom is -0.381 e. The summed E-state index contributed by atoms with van der Waals surface area (Å²) in [5.74, 6) is 3.21. The molecule has 2 atom stereocenters. The number of ether oxygens (including phenoxy) is 1. The molecule has 0 aliphatic carbocycles. The molecule has 3 aliphatic heterocycles. The van der Waals surface area contributed by atoms with Crippen LogP contribution in [-0.4, -0.2) is 60.5 Å². The van der Waals surface area contributed by atoms with E-state index in [1.807, 2.05) is 12.1 Å². The monoisotopic (exact) mass is 556 g/mol. The lowest BCUT2D eigenvalue weighted by Gasteiger charge is -2.38. The highest BCUT2D eigenvalue weighted by Gasteiger charge is 2.35. The van der Waals surface area contributed by atoms with Gasteiger partial charge in [0.05, 0.1) is 0 Å². The molecule has 2 aromatic rings. The number of hydrogen-bond acceptors (Lipinski definition) is 6. The number of nitrogens with zero attached hydrogens (tertiary/aromatic N) is 4. The summed E-state index contributed by atoms with van der Waals surface area (Å²) in [7, 11) is 0. The number of piperidine rings is 2. The molecule has 3 saturated heterocycles. The molecule has 0 bridgehead atoms. The summed E-state index contributed by atoms with van der Waals surface area (Å²) in [6.07, 6.45) is 7.96. The molecule has 3 fully saturated rings. The smallest absolute Gasteiger partial charge is 0.232 e. The highest BCUT2D eigenvalue weighted by Crippen LogP contribution is 2.35. The molecule has 38 heavy (non-hydrogen) atoms. The summed E-state index contributed by atoms with van der Waals surface area (Å²) in [6, 6.07) is 10.8. The lowest BCUT2D eigenvalue weighted by Crippen LogP contribution is -2.45. The van der Waals surface area contributed by atoms with E-state index in [2.05, 4.69) is 52.5 Å². The van der Waals surface area contributed by atoms with E-state index in [-0.39, 0.29) is 5.41 Å². The van der Waals surface area contributed by atoms with Gasteiger partial charge in [-0.25, -0.2) is 0 Å². The second kappa shape index (κ2) is 12.3. The van der Waals surface area contributed by atoms with Crippen molar-refractivity contribution in [3.05, 3.63) is 40.9 Å². The third-order valence-electron chi connectivity index (χ3n) is 8.48. The second-order valence-electron chi connectivity index (χ2n) is 11.4. The average Bonchev–Trinajstić information content (AvgIpc) is 2.92. The van der Waals surface area contributed by atoms with Gasteiger partial charge in [0.15, 0.2) is 5.11 Å². The van der Waals surface area contributed by atoms with Crippen molar-refractivity contribution in [3.8, 4) is 0 Å². The molecule has 0 radical (unpaired) electrons. The Morgan fingerprint density at radius 1 is 1.08 bits per heavy atom. The van der Waals surface area contributed by atoms with Gasteiger partial charge in [-0.05, 0) is 87.7 Å². The highest BCUT2D eigenvalue weighted by atomic mass is 35.5. The van der Waals surface area contributed by atoms with Crippen LogP contribution in [0, 0.1) is 5.92 Å². The van der Waals surface area contributed by atoms with Crippen LogP contribution < -0.4 is 20.4 Å². The van der Waals surface area contributed by atoms with Crippen molar-refractivity contribution in [2.75, 3.05) is 54.5 Å². The lowest BCUT2D eigenvalue weighted by molar-refractivity contribution is 0.0515. The maximum absolute atomic E-state index is 6.36. The number of benzene rings is 1. The Kier molecular flexibility index (Phi) is 8.91. The van der Waals surface area contributed by atoms with Crippen molar-refractivity contribution in [2.24, 2.45) is 5.92 Å². The first-order valence-corrected chi connectivity index (χ1v) is 15.0. The van der Waals surface area contributed by atoms with Gasteiger partial charge >= 0.3 is 0 Å². The topological polar surface area (TPSA) is 65.5 Å². The molecular weight excluding hydrogens is 516 g/mol. The van der Waals surface area contributed by atoms with Crippen LogP contribution in [0.15, 0.2) is 30.3 Å². The summed E-state index contributed by atoms with van der Waals surface area (Å²) in [4.78, 5) is 14.7. The van der Waals surface area contributed by atoms with Gasteiger partial charge < -0.3 is 25.2 Å². The fraction of sp³-hybridized carbons (Fsp3) is 0.621. The number of aromatic nitrogens is 2. The average molecular weight is 557 g/mol. The molecule has 206 valence electrons. The number of nitrogens with one attached hydrogen (secondary N) is 2. The predicted octanol–water partition coefficient (Wildman–Crippen LogP) is 5.78. The van der Waals surface area contributed by atoms with Gasteiger partial charge in [0, 0.05) is 61.9 Å². The molecule has 7 nitrogen and oxygen atoms in total. The fourth-order valence-electron chi connectivity index (χ4n) is 6.17. The summed E-state index contributed by atoms with van der Waals surface area (Å²) >= 11 is 12.1. The van der Waals surface area contributed by atoms with Crippen molar-refractivity contribution in [2.45, 2.75) is 70.3 Å². The maximum atomic E-state index is 6.36. The Morgan fingerprint density at radius 2 is 1.89 bits per heavy atom. The lowest BCUT2D eigenvalue weighted by atomic mass is 9.74. The standard InChI is InChI=1S/C29H41ClN6OS/c1-21-7-6-13-35(19-21)25-18-26(36-14-4-3-8-22(36)2)33-27(32-25)34-28(38)31-20-29(11-15-37-16-12-29)23-9-5-10-24(30)17-23/h5,9-10,17-18,21-22H,3-4,6-8,11-16,19-20H2,1-2H3,(H2,31,32,33,34,38)/t21-,22+/m0/s1. The van der Waals surface area contributed by atoms with E-state index in [4.69, 9.17) is 38.5 Å². The Hall–Kier alpha value is -2.16. The Balaban J connectivity index is 1.34. The first-order chi connectivity index (χ1) is 18.4. The van der Waals surface area contributed by atoms with Crippen molar-refractivity contribution in [1.82, 2.24) is 15.3 Å². The molecule has 0 amide bonds. The summed E-state index contributed by atoms with van der Waals surface area (Å²) in [6.45, 7) is 9.86. The van der Waals surface area contributed by atoms with Gasteiger partial charge in [-0.3, -0.25) is 0 Å². The zero-order valence-corrected chi connectivity index (χ0v) is 24.3. The minimum atomic E-state index is -0.0874. The highest BCUT2D eigenvalue weighted by molar-refractivity contribution is 7.80. The van der Waals surface area contributed by atoms with Crippen LogP contribution in [0.1, 0.15) is 64.4 Å². The van der Waals surface area contributed by atoms with Gasteiger partial charge in [0.25, 0.3) is 0 Å². The first kappa shape index (κ1) is 27.4. The second-order valence-corrected chi connectivity index (χ2v) is 12.2. The van der Waals surface area contributed by atoms with Gasteiger partial charge in [-0.2, -0.15) is 9.97 Å². The van der Waals surface area contributed by atoms with Crippen LogP contribution in [-0.2, 0) is 10.2 Å². The van der Waals surface area contributed by atoms with Crippen LogP contribution in [0.5, 0.6) is 0 Å². The van der Waals surface area contributed by atoms with Gasteiger partial charge in [0.2, 0.25) is 5.95 Å². The van der Waals surface area contributed by atoms with Crippen LogP contribution >= 0.6 is 23.8 Å². The SMILES string of the molecule is C[C@H]1CCCN(c2cc(N3CCCC[C@H]3C)nc(NC(=S)NCC3(c4cccc(Cl)c4)CCOCC3)n2)C1. The fourth-order valence-corrected chi connectivity index (χ4v) is 6.52. The number of rotatable bonds is 6. The molecule has 2 N–H and O–H groups in total. The molecule has 5 rings (SSSR count). The number of halogens is 1. The summed E-state index contributed by atoms with van der Waals surface area (Å²) in [5.41, 5.74) is 1.14. The zero-order valence-electron chi connectivity index (χ0n) is 22.7. The predicted molar refractivity (Wildman–Crippen MR) is 161 cm³/mol. The van der Waals surface area contributed by atoms with Crippen molar-refractivity contribution in [3.63, 3.8) is 0 Å². The molecule has 0 saturated carbocycles.